The number of carbonyl (C=O) groups is 1. The van der Waals surface area contributed by atoms with Crippen molar-refractivity contribution in [1.82, 2.24) is 4.90 Å². The number of carbonyl (C=O) groups excluding carboxylic acids is 1. The molecule has 5 heteroatoms. The number of amides is 1. The molecule has 3 fully saturated rings. The summed E-state index contributed by atoms with van der Waals surface area (Å²) in [7, 11) is 0. The number of benzene rings is 2. The summed E-state index contributed by atoms with van der Waals surface area (Å²) in [4.78, 5) is 15.1. The highest BCUT2D eigenvalue weighted by Gasteiger charge is 2.63. The van der Waals surface area contributed by atoms with Crippen molar-refractivity contribution in [2.45, 2.75) is 49.7 Å². The lowest BCUT2D eigenvalue weighted by Gasteiger charge is -2.42. The lowest BCUT2D eigenvalue weighted by molar-refractivity contribution is -0.162. The van der Waals surface area contributed by atoms with Gasteiger partial charge in [-0.2, -0.15) is 5.26 Å². The number of hydrogen-bond donors (Lipinski definition) is 0. The topological polar surface area (TPSA) is 62.6 Å². The summed E-state index contributed by atoms with van der Waals surface area (Å²) in [6, 6.07) is 19.5. The van der Waals surface area contributed by atoms with Crippen LogP contribution in [0.3, 0.4) is 0 Å². The Morgan fingerprint density at radius 1 is 1.11 bits per heavy atom. The fourth-order valence-electron chi connectivity index (χ4n) is 4.58. The average Bonchev–Trinajstić information content (AvgIpc) is 3.21. The molecule has 27 heavy (non-hydrogen) atoms. The minimum absolute atomic E-state index is 0.0573. The fraction of sp³-hybridized carbons (Fsp3) is 0.364. The molecule has 1 spiro atoms. The van der Waals surface area contributed by atoms with Crippen LogP contribution >= 0.6 is 0 Å². The first-order chi connectivity index (χ1) is 13.2. The van der Waals surface area contributed by atoms with Crippen molar-refractivity contribution in [3.63, 3.8) is 0 Å². The molecule has 0 aromatic heterocycles. The van der Waals surface area contributed by atoms with Gasteiger partial charge in [-0.1, -0.05) is 36.4 Å². The van der Waals surface area contributed by atoms with Gasteiger partial charge in [0.25, 0.3) is 5.91 Å². The third-order valence-electron chi connectivity index (χ3n) is 5.88. The second-order valence-corrected chi connectivity index (χ2v) is 7.57. The fourth-order valence-corrected chi connectivity index (χ4v) is 4.58. The number of nitrogens with zero attached hydrogens (tertiary/aromatic N) is 2. The largest absolute Gasteiger partial charge is 0.490 e. The highest BCUT2D eigenvalue weighted by atomic mass is 16.6. The lowest BCUT2D eigenvalue weighted by Crippen LogP contribution is -2.55. The maximum Gasteiger partial charge on any atom is 0.257 e. The Labute approximate surface area is 158 Å². The molecule has 1 saturated carbocycles. The molecule has 136 valence electrons. The number of hydrogen-bond acceptors (Lipinski definition) is 4. The third kappa shape index (κ3) is 2.60. The van der Waals surface area contributed by atoms with Crippen LogP contribution in [0.5, 0.6) is 5.75 Å². The Bertz CT molecular complexity index is 915. The zero-order valence-electron chi connectivity index (χ0n) is 14.9. The Balaban J connectivity index is 1.28. The van der Waals surface area contributed by atoms with Gasteiger partial charge >= 0.3 is 0 Å². The van der Waals surface area contributed by atoms with E-state index in [1.54, 1.807) is 18.2 Å². The molecule has 5 nitrogen and oxygen atoms in total. The van der Waals surface area contributed by atoms with Gasteiger partial charge in [-0.15, -0.1) is 0 Å². The molecule has 2 heterocycles. The molecule has 2 atom stereocenters. The highest BCUT2D eigenvalue weighted by molar-refractivity contribution is 5.89. The van der Waals surface area contributed by atoms with Crippen LogP contribution in [-0.2, 0) is 9.53 Å². The van der Waals surface area contributed by atoms with Crippen molar-refractivity contribution in [2.75, 3.05) is 0 Å². The van der Waals surface area contributed by atoms with E-state index in [4.69, 9.17) is 14.7 Å². The summed E-state index contributed by atoms with van der Waals surface area (Å²) in [5.41, 5.74) is 1.02. The van der Waals surface area contributed by atoms with Gasteiger partial charge < -0.3 is 14.4 Å². The van der Waals surface area contributed by atoms with Crippen molar-refractivity contribution < 1.29 is 14.3 Å². The first-order valence-electron chi connectivity index (χ1n) is 9.41. The molecule has 3 aliphatic rings. The van der Waals surface area contributed by atoms with E-state index in [-0.39, 0.29) is 24.3 Å². The number of rotatable bonds is 3. The zero-order chi connectivity index (χ0) is 18.4. The van der Waals surface area contributed by atoms with Crippen molar-refractivity contribution >= 4 is 5.91 Å². The Morgan fingerprint density at radius 2 is 1.93 bits per heavy atom. The molecule has 0 unspecified atom stereocenters. The van der Waals surface area contributed by atoms with Crippen LogP contribution in [0.4, 0.5) is 0 Å². The number of ether oxygens (including phenoxy) is 2. The molecule has 0 radical (unpaired) electrons. The second-order valence-electron chi connectivity index (χ2n) is 7.57. The molecule has 1 amide bonds. The second kappa shape index (κ2) is 6.11. The van der Waals surface area contributed by atoms with Crippen molar-refractivity contribution in [3.8, 4) is 11.8 Å². The van der Waals surface area contributed by atoms with Crippen LogP contribution in [0.25, 0.3) is 0 Å². The van der Waals surface area contributed by atoms with E-state index in [0.717, 1.165) is 12.8 Å². The van der Waals surface area contributed by atoms with E-state index < -0.39 is 5.60 Å². The van der Waals surface area contributed by atoms with Crippen LogP contribution in [0, 0.1) is 11.3 Å². The average molecular weight is 360 g/mol. The van der Waals surface area contributed by atoms with Crippen molar-refractivity contribution in [3.05, 3.63) is 65.7 Å². The van der Waals surface area contributed by atoms with Gasteiger partial charge in [0.1, 0.15) is 18.1 Å². The predicted molar refractivity (Wildman–Crippen MR) is 97.7 cm³/mol. The van der Waals surface area contributed by atoms with Gasteiger partial charge in [0.15, 0.2) is 5.60 Å². The maximum absolute atomic E-state index is 13.2. The quantitative estimate of drug-likeness (QED) is 0.840. The zero-order valence-corrected chi connectivity index (χ0v) is 14.9. The minimum atomic E-state index is -0.727. The summed E-state index contributed by atoms with van der Waals surface area (Å²) in [5, 5.41) is 9.00. The summed E-state index contributed by atoms with van der Waals surface area (Å²) >= 11 is 0. The van der Waals surface area contributed by atoms with Crippen LogP contribution in [-0.4, -0.2) is 28.7 Å². The van der Waals surface area contributed by atoms with Crippen molar-refractivity contribution in [2.24, 2.45) is 0 Å². The smallest absolute Gasteiger partial charge is 0.257 e. The van der Waals surface area contributed by atoms with E-state index >= 15 is 0 Å². The monoisotopic (exact) mass is 360 g/mol. The number of fused-ring (bicyclic) bond motifs is 1. The first kappa shape index (κ1) is 16.3. The molecule has 1 aliphatic carbocycles. The van der Waals surface area contributed by atoms with Crippen LogP contribution in [0.1, 0.15) is 42.9 Å². The van der Waals surface area contributed by atoms with E-state index in [1.807, 2.05) is 29.2 Å². The van der Waals surface area contributed by atoms with E-state index in [0.29, 0.717) is 24.2 Å². The molecular weight excluding hydrogens is 340 g/mol. The highest BCUT2D eigenvalue weighted by Crippen LogP contribution is 2.51. The molecule has 2 saturated heterocycles. The molecule has 0 N–H and O–H groups in total. The van der Waals surface area contributed by atoms with Crippen LogP contribution < -0.4 is 4.74 Å². The van der Waals surface area contributed by atoms with Gasteiger partial charge in [-0.3, -0.25) is 4.79 Å². The first-order valence-corrected chi connectivity index (χ1v) is 9.41. The predicted octanol–water partition coefficient (Wildman–Crippen LogP) is 3.56. The number of nitriles is 1. The van der Waals surface area contributed by atoms with E-state index in [2.05, 4.69) is 18.2 Å². The maximum atomic E-state index is 13.2. The molecule has 2 aromatic carbocycles. The standard InChI is InChI=1S/C22H20N2O3/c23-14-15-5-4-8-17(11-15)26-18-12-22(13-18)21(25)24-19(9-10-20(24)27-22)16-6-2-1-3-7-16/h1-8,11,18-20H,9-10,12-13H2/t18?,19-,20+,22?/m0/s1. The molecule has 2 aliphatic heterocycles. The molecular formula is C22H20N2O3. The van der Waals surface area contributed by atoms with Gasteiger partial charge in [0.2, 0.25) is 0 Å². The van der Waals surface area contributed by atoms with Gasteiger partial charge in [-0.05, 0) is 36.6 Å². The van der Waals surface area contributed by atoms with Crippen LogP contribution in [0.2, 0.25) is 0 Å². The van der Waals surface area contributed by atoms with E-state index in [1.165, 1.54) is 5.56 Å². The third-order valence-corrected chi connectivity index (χ3v) is 5.88. The van der Waals surface area contributed by atoms with Gasteiger partial charge in [0.05, 0.1) is 17.7 Å². The summed E-state index contributed by atoms with van der Waals surface area (Å²) in [6.45, 7) is 0. The van der Waals surface area contributed by atoms with Gasteiger partial charge in [-0.25, -0.2) is 0 Å². The van der Waals surface area contributed by atoms with E-state index in [9.17, 15) is 4.79 Å². The van der Waals surface area contributed by atoms with Crippen molar-refractivity contribution in [1.29, 1.82) is 5.26 Å². The summed E-state index contributed by atoms with van der Waals surface area (Å²) < 4.78 is 12.2. The minimum Gasteiger partial charge on any atom is -0.490 e. The Morgan fingerprint density at radius 3 is 2.70 bits per heavy atom. The normalized spacial score (nSPS) is 31.4. The summed E-state index contributed by atoms with van der Waals surface area (Å²) in [5.74, 6) is 0.770. The molecule has 0 bridgehead atoms. The molecule has 2 aromatic rings. The van der Waals surface area contributed by atoms with Gasteiger partial charge in [0, 0.05) is 12.8 Å². The Hall–Kier alpha value is -2.84. The van der Waals surface area contributed by atoms with Crippen LogP contribution in [0.15, 0.2) is 54.6 Å². The SMILES string of the molecule is N#Cc1cccc(OC2CC3(C2)O[C@@H]2CC[C@@H](c4ccccc4)N2C3=O)c1. The molecule has 5 rings (SSSR count). The lowest BCUT2D eigenvalue weighted by atomic mass is 9.76. The summed E-state index contributed by atoms with van der Waals surface area (Å²) in [6.07, 6.45) is 2.78. The Kier molecular flexibility index (Phi) is 3.70.